The maximum atomic E-state index is 14.0. The SMILES string of the molecule is CC(C)C1CNCCC1c1ccc(Cl)cc1F. The van der Waals surface area contributed by atoms with Gasteiger partial charge in [0, 0.05) is 5.02 Å². The Morgan fingerprint density at radius 1 is 1.41 bits per heavy atom. The largest absolute Gasteiger partial charge is 0.316 e. The lowest BCUT2D eigenvalue weighted by atomic mass is 9.75. The van der Waals surface area contributed by atoms with Crippen molar-refractivity contribution in [3.63, 3.8) is 0 Å². The van der Waals surface area contributed by atoms with Crippen LogP contribution in [0.4, 0.5) is 4.39 Å². The van der Waals surface area contributed by atoms with Crippen molar-refractivity contribution in [1.29, 1.82) is 0 Å². The van der Waals surface area contributed by atoms with Crippen molar-refractivity contribution in [3.05, 3.63) is 34.6 Å². The summed E-state index contributed by atoms with van der Waals surface area (Å²) in [6, 6.07) is 5.07. The minimum absolute atomic E-state index is 0.157. The number of hydrogen-bond acceptors (Lipinski definition) is 1. The second kappa shape index (κ2) is 5.36. The summed E-state index contributed by atoms with van der Waals surface area (Å²) < 4.78 is 14.0. The third-order valence-electron chi connectivity index (χ3n) is 3.75. The Labute approximate surface area is 107 Å². The molecule has 1 nitrogen and oxygen atoms in total. The van der Waals surface area contributed by atoms with Crippen LogP contribution in [0.5, 0.6) is 0 Å². The average molecular weight is 256 g/mol. The Morgan fingerprint density at radius 3 is 2.82 bits per heavy atom. The Kier molecular flexibility index (Phi) is 4.05. The van der Waals surface area contributed by atoms with Gasteiger partial charge in [-0.25, -0.2) is 4.39 Å². The standard InChI is InChI=1S/C14H19ClFN/c1-9(2)13-8-17-6-5-11(13)12-4-3-10(15)7-14(12)16/h3-4,7,9,11,13,17H,5-6,8H2,1-2H3. The van der Waals surface area contributed by atoms with Crippen molar-refractivity contribution in [2.75, 3.05) is 13.1 Å². The molecule has 0 aromatic heterocycles. The van der Waals surface area contributed by atoms with Gasteiger partial charge in [0.15, 0.2) is 0 Å². The van der Waals surface area contributed by atoms with Crippen molar-refractivity contribution in [2.45, 2.75) is 26.2 Å². The van der Waals surface area contributed by atoms with E-state index in [-0.39, 0.29) is 5.82 Å². The molecule has 3 heteroatoms. The number of halogens is 2. The Morgan fingerprint density at radius 2 is 2.18 bits per heavy atom. The summed E-state index contributed by atoms with van der Waals surface area (Å²) in [7, 11) is 0. The molecule has 1 aliphatic heterocycles. The zero-order chi connectivity index (χ0) is 12.4. The summed E-state index contributed by atoms with van der Waals surface area (Å²) >= 11 is 5.80. The van der Waals surface area contributed by atoms with Crippen LogP contribution in [-0.4, -0.2) is 13.1 Å². The van der Waals surface area contributed by atoms with Gasteiger partial charge in [-0.3, -0.25) is 0 Å². The minimum Gasteiger partial charge on any atom is -0.316 e. The molecule has 1 fully saturated rings. The van der Waals surface area contributed by atoms with Crippen LogP contribution in [0.15, 0.2) is 18.2 Å². The van der Waals surface area contributed by atoms with Crippen LogP contribution in [0.2, 0.25) is 5.02 Å². The van der Waals surface area contributed by atoms with Gasteiger partial charge in [0.25, 0.3) is 0 Å². The fraction of sp³-hybridized carbons (Fsp3) is 0.571. The van der Waals surface area contributed by atoms with Crippen molar-refractivity contribution < 1.29 is 4.39 Å². The fourth-order valence-corrected chi connectivity index (χ4v) is 2.93. The molecule has 0 aliphatic carbocycles. The molecule has 2 unspecified atom stereocenters. The number of nitrogens with one attached hydrogen (secondary N) is 1. The van der Waals surface area contributed by atoms with Gasteiger partial charge in [0.1, 0.15) is 5.82 Å². The van der Waals surface area contributed by atoms with E-state index < -0.39 is 0 Å². The Balaban J connectivity index is 2.29. The molecule has 94 valence electrons. The van der Waals surface area contributed by atoms with Crippen LogP contribution in [-0.2, 0) is 0 Å². The molecule has 17 heavy (non-hydrogen) atoms. The molecule has 0 amide bonds. The van der Waals surface area contributed by atoms with Crippen molar-refractivity contribution in [3.8, 4) is 0 Å². The highest BCUT2D eigenvalue weighted by Gasteiger charge is 2.30. The summed E-state index contributed by atoms with van der Waals surface area (Å²) in [5.41, 5.74) is 0.828. The lowest BCUT2D eigenvalue weighted by molar-refractivity contribution is 0.251. The van der Waals surface area contributed by atoms with E-state index in [1.54, 1.807) is 6.07 Å². The fourth-order valence-electron chi connectivity index (χ4n) is 2.77. The van der Waals surface area contributed by atoms with E-state index in [1.807, 2.05) is 6.07 Å². The number of benzene rings is 1. The van der Waals surface area contributed by atoms with Gasteiger partial charge in [-0.05, 0) is 55.0 Å². The Bertz CT molecular complexity index is 392. The summed E-state index contributed by atoms with van der Waals surface area (Å²) in [5, 5.41) is 3.87. The first-order chi connectivity index (χ1) is 8.09. The highest BCUT2D eigenvalue weighted by atomic mass is 35.5. The van der Waals surface area contributed by atoms with Gasteiger partial charge < -0.3 is 5.32 Å². The van der Waals surface area contributed by atoms with E-state index in [0.717, 1.165) is 25.1 Å². The zero-order valence-corrected chi connectivity index (χ0v) is 11.1. The molecule has 0 radical (unpaired) electrons. The molecule has 1 saturated heterocycles. The molecule has 0 bridgehead atoms. The predicted octanol–water partition coefficient (Wildman–Crippen LogP) is 3.83. The van der Waals surface area contributed by atoms with E-state index >= 15 is 0 Å². The van der Waals surface area contributed by atoms with Crippen LogP contribution in [0.3, 0.4) is 0 Å². The van der Waals surface area contributed by atoms with Gasteiger partial charge in [-0.15, -0.1) is 0 Å². The third-order valence-corrected chi connectivity index (χ3v) is 3.98. The summed E-state index contributed by atoms with van der Waals surface area (Å²) in [4.78, 5) is 0. The average Bonchev–Trinajstić information content (AvgIpc) is 2.29. The van der Waals surface area contributed by atoms with Gasteiger partial charge in [0.2, 0.25) is 0 Å². The summed E-state index contributed by atoms with van der Waals surface area (Å²) in [6.45, 7) is 6.36. The predicted molar refractivity (Wildman–Crippen MR) is 70.0 cm³/mol. The number of piperidine rings is 1. The maximum Gasteiger partial charge on any atom is 0.128 e. The highest BCUT2D eigenvalue weighted by molar-refractivity contribution is 6.30. The van der Waals surface area contributed by atoms with E-state index in [9.17, 15) is 4.39 Å². The van der Waals surface area contributed by atoms with Crippen LogP contribution in [0.1, 0.15) is 31.7 Å². The molecule has 0 saturated carbocycles. The normalized spacial score (nSPS) is 25.2. The Hall–Kier alpha value is -0.600. The van der Waals surface area contributed by atoms with Crippen LogP contribution in [0.25, 0.3) is 0 Å². The molecule has 2 rings (SSSR count). The summed E-state index contributed by atoms with van der Waals surface area (Å²) in [6.07, 6.45) is 1.00. The first-order valence-electron chi connectivity index (χ1n) is 6.25. The molecule has 1 N–H and O–H groups in total. The third kappa shape index (κ3) is 2.80. The van der Waals surface area contributed by atoms with Crippen LogP contribution in [0, 0.1) is 17.7 Å². The maximum absolute atomic E-state index is 14.0. The number of rotatable bonds is 2. The molecule has 0 spiro atoms. The van der Waals surface area contributed by atoms with E-state index in [0.29, 0.717) is 22.8 Å². The zero-order valence-electron chi connectivity index (χ0n) is 10.3. The molecule has 1 aliphatic rings. The number of hydrogen-bond donors (Lipinski definition) is 1. The molecule has 1 heterocycles. The minimum atomic E-state index is -0.157. The second-order valence-electron chi connectivity index (χ2n) is 5.17. The highest BCUT2D eigenvalue weighted by Crippen LogP contribution is 2.36. The van der Waals surface area contributed by atoms with E-state index in [4.69, 9.17) is 11.6 Å². The lowest BCUT2D eigenvalue weighted by Gasteiger charge is -2.35. The van der Waals surface area contributed by atoms with E-state index in [1.165, 1.54) is 6.07 Å². The van der Waals surface area contributed by atoms with Crippen molar-refractivity contribution in [1.82, 2.24) is 5.32 Å². The smallest absolute Gasteiger partial charge is 0.128 e. The quantitative estimate of drug-likeness (QED) is 0.847. The first kappa shape index (κ1) is 12.8. The van der Waals surface area contributed by atoms with Gasteiger partial charge >= 0.3 is 0 Å². The van der Waals surface area contributed by atoms with Crippen LogP contribution < -0.4 is 5.32 Å². The van der Waals surface area contributed by atoms with Gasteiger partial charge in [0.05, 0.1) is 0 Å². The first-order valence-corrected chi connectivity index (χ1v) is 6.63. The van der Waals surface area contributed by atoms with Crippen molar-refractivity contribution >= 4 is 11.6 Å². The van der Waals surface area contributed by atoms with Crippen molar-refractivity contribution in [2.24, 2.45) is 11.8 Å². The molecule has 1 aromatic rings. The monoisotopic (exact) mass is 255 g/mol. The molecular formula is C14H19ClFN. The lowest BCUT2D eigenvalue weighted by Crippen LogP contribution is -2.38. The van der Waals surface area contributed by atoms with E-state index in [2.05, 4.69) is 19.2 Å². The summed E-state index contributed by atoms with van der Waals surface area (Å²) in [5.74, 6) is 1.21. The van der Waals surface area contributed by atoms with Gasteiger partial charge in [-0.1, -0.05) is 31.5 Å². The topological polar surface area (TPSA) is 12.0 Å². The second-order valence-corrected chi connectivity index (χ2v) is 5.61. The van der Waals surface area contributed by atoms with Gasteiger partial charge in [-0.2, -0.15) is 0 Å². The molecule has 2 atom stereocenters. The van der Waals surface area contributed by atoms with Crippen LogP contribution >= 0.6 is 11.6 Å². The molecule has 1 aromatic carbocycles. The molecular weight excluding hydrogens is 237 g/mol.